The van der Waals surface area contributed by atoms with Crippen molar-refractivity contribution in [3.63, 3.8) is 0 Å². The summed E-state index contributed by atoms with van der Waals surface area (Å²) < 4.78 is 5.17. The van der Waals surface area contributed by atoms with Crippen molar-refractivity contribution >= 4 is 5.82 Å². The molecule has 0 amide bonds. The van der Waals surface area contributed by atoms with Crippen molar-refractivity contribution in [1.82, 2.24) is 0 Å². The van der Waals surface area contributed by atoms with Gasteiger partial charge < -0.3 is 4.74 Å². The number of nitriles is 1. The highest BCUT2D eigenvalue weighted by molar-refractivity contribution is 5.74. The number of rotatable bonds is 4. The summed E-state index contributed by atoms with van der Waals surface area (Å²) in [6.45, 7) is 4.30. The van der Waals surface area contributed by atoms with Crippen molar-refractivity contribution in [2.75, 3.05) is 12.8 Å². The number of aromatic nitrogens is 1. The van der Waals surface area contributed by atoms with Crippen molar-refractivity contribution < 1.29 is 9.72 Å². The van der Waals surface area contributed by atoms with Gasteiger partial charge in [0, 0.05) is 12.0 Å². The molecule has 0 aliphatic heterocycles. The minimum atomic E-state index is 0.418. The first-order valence-electron chi connectivity index (χ1n) is 6.94. The Morgan fingerprint density at radius 2 is 1.95 bits per heavy atom. The van der Waals surface area contributed by atoms with Gasteiger partial charge in [0.05, 0.1) is 7.11 Å². The van der Waals surface area contributed by atoms with E-state index < -0.39 is 0 Å². The monoisotopic (exact) mass is 282 g/mol. The predicted molar refractivity (Wildman–Crippen MR) is 82.7 cm³/mol. The van der Waals surface area contributed by atoms with Gasteiger partial charge in [-0.3, -0.25) is 5.73 Å². The molecular weight excluding hydrogens is 262 g/mol. The van der Waals surface area contributed by atoms with Gasteiger partial charge in [-0.1, -0.05) is 26.0 Å². The molecule has 0 saturated carbocycles. The van der Waals surface area contributed by atoms with Gasteiger partial charge in [0.2, 0.25) is 0 Å². The Bertz CT molecular complexity index is 670. The number of ether oxygens (including phenoxy) is 1. The Balaban J connectivity index is 2.53. The Morgan fingerprint density at radius 1 is 1.29 bits per heavy atom. The van der Waals surface area contributed by atoms with Gasteiger partial charge in [0.25, 0.3) is 5.82 Å². The molecule has 0 aliphatic rings. The molecular formula is C17H20N3O+. The maximum Gasteiger partial charge on any atom is 0.289 e. The minimum absolute atomic E-state index is 0.418. The average molecular weight is 282 g/mol. The Hall–Kier alpha value is -2.54. The molecule has 0 spiro atoms. The maximum atomic E-state index is 9.36. The van der Waals surface area contributed by atoms with Gasteiger partial charge in [-0.05, 0) is 29.7 Å². The van der Waals surface area contributed by atoms with Crippen LogP contribution in [0.25, 0.3) is 11.1 Å². The number of nitrogens with zero attached hydrogens (tertiary/aromatic N) is 1. The number of pyridine rings is 1. The fourth-order valence-electron chi connectivity index (χ4n) is 2.33. The standard InChI is InChI=1S/C17H19N3O/c1-11(2)8-13-9-15(16(10-18)17(19)20-13)12-4-6-14(21-3)7-5-12/h4-7,9,11H,8H2,1-3H3,(H2,19,20)/p+1. The Kier molecular flexibility index (Phi) is 4.44. The highest BCUT2D eigenvalue weighted by Crippen LogP contribution is 2.28. The van der Waals surface area contributed by atoms with Crippen LogP contribution in [-0.2, 0) is 6.42 Å². The molecule has 108 valence electrons. The number of benzene rings is 1. The molecule has 1 aromatic carbocycles. The molecule has 0 radical (unpaired) electrons. The topological polar surface area (TPSA) is 73.2 Å². The zero-order valence-electron chi connectivity index (χ0n) is 12.6. The maximum absolute atomic E-state index is 9.36. The van der Waals surface area contributed by atoms with Crippen LogP contribution < -0.4 is 15.5 Å². The van der Waals surface area contributed by atoms with Crippen LogP contribution in [0.15, 0.2) is 30.3 Å². The number of hydrogen-bond acceptors (Lipinski definition) is 3. The molecule has 0 atom stereocenters. The molecule has 2 rings (SSSR count). The minimum Gasteiger partial charge on any atom is -0.497 e. The lowest BCUT2D eigenvalue weighted by molar-refractivity contribution is -0.373. The largest absolute Gasteiger partial charge is 0.497 e. The first-order valence-corrected chi connectivity index (χ1v) is 6.94. The van der Waals surface area contributed by atoms with Crippen LogP contribution in [0.5, 0.6) is 5.75 Å². The normalized spacial score (nSPS) is 10.4. The van der Waals surface area contributed by atoms with E-state index in [9.17, 15) is 5.26 Å². The molecule has 0 saturated heterocycles. The molecule has 4 heteroatoms. The smallest absolute Gasteiger partial charge is 0.289 e. The van der Waals surface area contributed by atoms with E-state index in [2.05, 4.69) is 24.9 Å². The van der Waals surface area contributed by atoms with Crippen molar-refractivity contribution in [1.29, 1.82) is 5.26 Å². The third-order valence-corrected chi connectivity index (χ3v) is 3.29. The highest BCUT2D eigenvalue weighted by atomic mass is 16.5. The van der Waals surface area contributed by atoms with E-state index in [-0.39, 0.29) is 0 Å². The second-order valence-electron chi connectivity index (χ2n) is 5.44. The molecule has 2 aromatic rings. The second-order valence-corrected chi connectivity index (χ2v) is 5.44. The van der Waals surface area contributed by atoms with Gasteiger partial charge in [0.15, 0.2) is 0 Å². The van der Waals surface area contributed by atoms with Crippen molar-refractivity contribution in [2.45, 2.75) is 20.3 Å². The first-order chi connectivity index (χ1) is 10.0. The van der Waals surface area contributed by atoms with Gasteiger partial charge in [-0.2, -0.15) is 5.26 Å². The SMILES string of the molecule is COc1ccc(-c2cc(CC(C)C)[nH+]c(N)c2C#N)cc1. The highest BCUT2D eigenvalue weighted by Gasteiger charge is 2.16. The Labute approximate surface area is 125 Å². The van der Waals surface area contributed by atoms with Crippen LogP contribution >= 0.6 is 0 Å². The number of nitrogens with two attached hydrogens (primary N) is 1. The van der Waals surface area contributed by atoms with Crippen molar-refractivity contribution in [3.05, 3.63) is 41.6 Å². The first kappa shape index (κ1) is 14.9. The van der Waals surface area contributed by atoms with E-state index in [4.69, 9.17) is 10.5 Å². The summed E-state index contributed by atoms with van der Waals surface area (Å²) in [5.74, 6) is 1.72. The lowest BCUT2D eigenvalue weighted by Crippen LogP contribution is -2.20. The van der Waals surface area contributed by atoms with E-state index >= 15 is 0 Å². The van der Waals surface area contributed by atoms with Crippen LogP contribution in [0.3, 0.4) is 0 Å². The predicted octanol–water partition coefficient (Wildman–Crippen LogP) is 2.83. The summed E-state index contributed by atoms with van der Waals surface area (Å²) in [5, 5.41) is 9.36. The summed E-state index contributed by atoms with van der Waals surface area (Å²) in [5.41, 5.74) is 9.32. The average Bonchev–Trinajstić information content (AvgIpc) is 2.46. The molecule has 1 aromatic heterocycles. The summed E-state index contributed by atoms with van der Waals surface area (Å²) in [6.07, 6.45) is 0.888. The number of aromatic amines is 1. The molecule has 0 fully saturated rings. The summed E-state index contributed by atoms with van der Waals surface area (Å²) >= 11 is 0. The number of nitrogen functional groups attached to an aromatic ring is 1. The molecule has 21 heavy (non-hydrogen) atoms. The molecule has 1 heterocycles. The van der Waals surface area contributed by atoms with Crippen molar-refractivity contribution in [2.24, 2.45) is 5.92 Å². The lowest BCUT2D eigenvalue weighted by atomic mass is 9.98. The Morgan fingerprint density at radius 3 is 2.48 bits per heavy atom. The molecule has 3 N–H and O–H groups in total. The third kappa shape index (κ3) is 3.32. The molecule has 0 aliphatic carbocycles. The second kappa shape index (κ2) is 6.27. The van der Waals surface area contributed by atoms with Crippen LogP contribution in [0, 0.1) is 17.2 Å². The van der Waals surface area contributed by atoms with Crippen LogP contribution in [0.1, 0.15) is 25.1 Å². The molecule has 0 unspecified atom stereocenters. The number of H-pyrrole nitrogens is 1. The number of hydrogen-bond donors (Lipinski definition) is 1. The van der Waals surface area contributed by atoms with Crippen LogP contribution in [0.4, 0.5) is 5.82 Å². The number of nitrogens with one attached hydrogen (secondary N) is 1. The third-order valence-electron chi connectivity index (χ3n) is 3.29. The fourth-order valence-corrected chi connectivity index (χ4v) is 2.33. The zero-order valence-corrected chi connectivity index (χ0v) is 12.6. The zero-order chi connectivity index (χ0) is 15.4. The number of methoxy groups -OCH3 is 1. The summed E-state index contributed by atoms with van der Waals surface area (Å²) in [6, 6.07) is 11.8. The van der Waals surface area contributed by atoms with Gasteiger partial charge in [-0.15, -0.1) is 0 Å². The molecule has 0 bridgehead atoms. The lowest BCUT2D eigenvalue weighted by Gasteiger charge is -2.09. The van der Waals surface area contributed by atoms with Crippen LogP contribution in [-0.4, -0.2) is 7.11 Å². The summed E-state index contributed by atoms with van der Waals surface area (Å²) in [4.78, 5) is 3.12. The van der Waals surface area contributed by atoms with E-state index in [1.54, 1.807) is 7.11 Å². The van der Waals surface area contributed by atoms with Gasteiger partial charge in [0.1, 0.15) is 23.1 Å². The van der Waals surface area contributed by atoms with E-state index in [0.717, 1.165) is 29.0 Å². The van der Waals surface area contributed by atoms with Gasteiger partial charge in [-0.25, -0.2) is 4.98 Å². The molecule has 4 nitrogen and oxygen atoms in total. The summed E-state index contributed by atoms with van der Waals surface area (Å²) in [7, 11) is 1.63. The van der Waals surface area contributed by atoms with Crippen molar-refractivity contribution in [3.8, 4) is 22.9 Å². The van der Waals surface area contributed by atoms with Crippen LogP contribution in [0.2, 0.25) is 0 Å². The van der Waals surface area contributed by atoms with E-state index in [1.807, 2.05) is 30.3 Å². The van der Waals surface area contributed by atoms with E-state index in [0.29, 0.717) is 17.3 Å². The fraction of sp³-hybridized carbons (Fsp3) is 0.294. The number of anilines is 1. The quantitative estimate of drug-likeness (QED) is 0.937. The van der Waals surface area contributed by atoms with E-state index in [1.165, 1.54) is 0 Å². The van der Waals surface area contributed by atoms with Gasteiger partial charge >= 0.3 is 0 Å².